The Bertz CT molecular complexity index is 712. The Morgan fingerprint density at radius 3 is 2.38 bits per heavy atom. The van der Waals surface area contributed by atoms with Gasteiger partial charge >= 0.3 is 0 Å². The quantitative estimate of drug-likeness (QED) is 0.874. The van der Waals surface area contributed by atoms with Gasteiger partial charge in [0, 0.05) is 5.56 Å². The molecule has 2 aromatic rings. The Morgan fingerprint density at radius 1 is 1.00 bits per heavy atom. The van der Waals surface area contributed by atoms with Crippen molar-refractivity contribution in [1.29, 1.82) is 0 Å². The molecule has 0 saturated carbocycles. The molecule has 1 amide bonds. The monoisotopic (exact) mass is 327 g/mol. The van der Waals surface area contributed by atoms with E-state index in [0.29, 0.717) is 0 Å². The number of carbonyl (C=O) groups excluding carboxylic acids is 1. The van der Waals surface area contributed by atoms with Gasteiger partial charge in [-0.3, -0.25) is 4.79 Å². The summed E-state index contributed by atoms with van der Waals surface area (Å²) in [6, 6.07) is 13.3. The van der Waals surface area contributed by atoms with Crippen LogP contribution in [0.25, 0.3) is 0 Å². The fourth-order valence-corrected chi connectivity index (χ4v) is 2.53. The van der Waals surface area contributed by atoms with Crippen molar-refractivity contribution >= 4 is 5.91 Å². The molecule has 0 aliphatic carbocycles. The summed E-state index contributed by atoms with van der Waals surface area (Å²) in [6.07, 6.45) is -0.581. The van der Waals surface area contributed by atoms with Crippen LogP contribution in [0.5, 0.6) is 11.5 Å². The molecule has 2 aromatic carbocycles. The van der Waals surface area contributed by atoms with E-state index in [1.165, 1.54) is 0 Å². The van der Waals surface area contributed by atoms with E-state index in [1.54, 1.807) is 14.0 Å². The molecule has 0 radical (unpaired) electrons. The number of carbonyl (C=O) groups is 1. The lowest BCUT2D eigenvalue weighted by atomic mass is 10.1. The molecular formula is C20H25NO3. The van der Waals surface area contributed by atoms with E-state index in [0.717, 1.165) is 28.2 Å². The molecule has 2 rings (SSSR count). The standard InChI is InChI=1S/C20H25NO3/c1-13-9-8-12-18(14(13)2)24-16(4)20(22)21-15(3)17-10-6-7-11-19(17)23-5/h6-12,15-16H,1-5H3,(H,21,22)/t15-,16-/m1/s1. The van der Waals surface area contributed by atoms with Crippen molar-refractivity contribution in [3.05, 3.63) is 59.2 Å². The Labute approximate surface area is 143 Å². The zero-order valence-corrected chi connectivity index (χ0v) is 14.9. The molecule has 0 fully saturated rings. The van der Waals surface area contributed by atoms with E-state index in [9.17, 15) is 4.79 Å². The number of hydrogen-bond acceptors (Lipinski definition) is 3. The molecule has 24 heavy (non-hydrogen) atoms. The number of aryl methyl sites for hydroxylation is 1. The average molecular weight is 327 g/mol. The molecule has 1 N–H and O–H groups in total. The van der Waals surface area contributed by atoms with Crippen LogP contribution >= 0.6 is 0 Å². The highest BCUT2D eigenvalue weighted by Gasteiger charge is 2.20. The molecule has 4 nitrogen and oxygen atoms in total. The topological polar surface area (TPSA) is 47.6 Å². The summed E-state index contributed by atoms with van der Waals surface area (Å²) in [4.78, 5) is 12.5. The second kappa shape index (κ2) is 7.86. The van der Waals surface area contributed by atoms with Crippen molar-refractivity contribution < 1.29 is 14.3 Å². The van der Waals surface area contributed by atoms with Gasteiger partial charge in [-0.1, -0.05) is 30.3 Å². The predicted molar refractivity (Wildman–Crippen MR) is 95.6 cm³/mol. The van der Waals surface area contributed by atoms with Gasteiger partial charge in [0.25, 0.3) is 5.91 Å². The first-order chi connectivity index (χ1) is 11.4. The third-order valence-electron chi connectivity index (χ3n) is 4.19. The first-order valence-electron chi connectivity index (χ1n) is 8.10. The lowest BCUT2D eigenvalue weighted by Gasteiger charge is -2.21. The van der Waals surface area contributed by atoms with Crippen LogP contribution in [-0.4, -0.2) is 19.1 Å². The molecule has 0 aromatic heterocycles. The highest BCUT2D eigenvalue weighted by Crippen LogP contribution is 2.25. The van der Waals surface area contributed by atoms with Crippen molar-refractivity contribution in [1.82, 2.24) is 5.32 Å². The van der Waals surface area contributed by atoms with Crippen LogP contribution in [0.4, 0.5) is 0 Å². The van der Waals surface area contributed by atoms with Crippen LogP contribution in [0.1, 0.15) is 36.6 Å². The molecule has 0 aliphatic rings. The first kappa shape index (κ1) is 17.9. The van der Waals surface area contributed by atoms with Gasteiger partial charge in [-0.25, -0.2) is 0 Å². The lowest BCUT2D eigenvalue weighted by molar-refractivity contribution is -0.127. The number of para-hydroxylation sites is 1. The summed E-state index contributed by atoms with van der Waals surface area (Å²) in [5.41, 5.74) is 3.13. The fraction of sp³-hybridized carbons (Fsp3) is 0.350. The summed E-state index contributed by atoms with van der Waals surface area (Å²) in [5.74, 6) is 1.34. The Hall–Kier alpha value is -2.49. The largest absolute Gasteiger partial charge is 0.496 e. The van der Waals surface area contributed by atoms with Crippen LogP contribution in [0.15, 0.2) is 42.5 Å². The maximum atomic E-state index is 12.5. The van der Waals surface area contributed by atoms with Gasteiger partial charge in [0.15, 0.2) is 6.10 Å². The number of amides is 1. The van der Waals surface area contributed by atoms with Crippen molar-refractivity contribution in [2.45, 2.75) is 39.8 Å². The Kier molecular flexibility index (Phi) is 5.85. The second-order valence-electron chi connectivity index (χ2n) is 5.93. The molecule has 0 bridgehead atoms. The zero-order chi connectivity index (χ0) is 17.7. The minimum Gasteiger partial charge on any atom is -0.496 e. The number of ether oxygens (including phenoxy) is 2. The summed E-state index contributed by atoms with van der Waals surface area (Å²) in [7, 11) is 1.62. The minimum atomic E-state index is -0.581. The molecule has 2 atom stereocenters. The summed E-state index contributed by atoms with van der Waals surface area (Å²) >= 11 is 0. The number of methoxy groups -OCH3 is 1. The molecule has 0 unspecified atom stereocenters. The third-order valence-corrected chi connectivity index (χ3v) is 4.19. The van der Waals surface area contributed by atoms with Gasteiger partial charge in [-0.05, 0) is 51.0 Å². The average Bonchev–Trinajstić information content (AvgIpc) is 2.58. The molecule has 0 heterocycles. The Balaban J connectivity index is 2.04. The number of benzene rings is 2. The first-order valence-corrected chi connectivity index (χ1v) is 8.10. The smallest absolute Gasteiger partial charge is 0.261 e. The van der Waals surface area contributed by atoms with Gasteiger partial charge in [-0.2, -0.15) is 0 Å². The predicted octanol–water partition coefficient (Wildman–Crippen LogP) is 3.96. The highest BCUT2D eigenvalue weighted by atomic mass is 16.5. The Morgan fingerprint density at radius 2 is 1.67 bits per heavy atom. The lowest BCUT2D eigenvalue weighted by Crippen LogP contribution is -2.38. The summed E-state index contributed by atoms with van der Waals surface area (Å²) in [6.45, 7) is 7.70. The van der Waals surface area contributed by atoms with Gasteiger partial charge < -0.3 is 14.8 Å². The van der Waals surface area contributed by atoms with Crippen molar-refractivity contribution in [3.8, 4) is 11.5 Å². The van der Waals surface area contributed by atoms with Crippen LogP contribution in [0, 0.1) is 13.8 Å². The maximum absolute atomic E-state index is 12.5. The van der Waals surface area contributed by atoms with Gasteiger partial charge in [0.05, 0.1) is 13.2 Å². The molecule has 0 aliphatic heterocycles. The SMILES string of the molecule is COc1ccccc1[C@@H](C)NC(=O)[C@@H](C)Oc1cccc(C)c1C. The van der Waals surface area contributed by atoms with E-state index < -0.39 is 6.10 Å². The van der Waals surface area contributed by atoms with Gasteiger partial charge in [0.2, 0.25) is 0 Å². The van der Waals surface area contributed by atoms with Crippen molar-refractivity contribution in [2.75, 3.05) is 7.11 Å². The molecular weight excluding hydrogens is 302 g/mol. The van der Waals surface area contributed by atoms with E-state index in [2.05, 4.69) is 5.32 Å². The minimum absolute atomic E-state index is 0.158. The molecule has 4 heteroatoms. The summed E-state index contributed by atoms with van der Waals surface area (Å²) < 4.78 is 11.2. The third kappa shape index (κ3) is 4.07. The van der Waals surface area contributed by atoms with Gasteiger partial charge in [0.1, 0.15) is 11.5 Å². The van der Waals surface area contributed by atoms with E-state index in [-0.39, 0.29) is 11.9 Å². The van der Waals surface area contributed by atoms with E-state index in [1.807, 2.05) is 63.2 Å². The zero-order valence-electron chi connectivity index (χ0n) is 14.9. The van der Waals surface area contributed by atoms with Crippen LogP contribution in [0.2, 0.25) is 0 Å². The van der Waals surface area contributed by atoms with Gasteiger partial charge in [-0.15, -0.1) is 0 Å². The highest BCUT2D eigenvalue weighted by molar-refractivity contribution is 5.81. The van der Waals surface area contributed by atoms with Crippen LogP contribution in [-0.2, 0) is 4.79 Å². The van der Waals surface area contributed by atoms with Crippen LogP contribution < -0.4 is 14.8 Å². The van der Waals surface area contributed by atoms with Crippen molar-refractivity contribution in [3.63, 3.8) is 0 Å². The number of hydrogen-bond donors (Lipinski definition) is 1. The number of rotatable bonds is 6. The molecule has 0 spiro atoms. The molecule has 128 valence electrons. The van der Waals surface area contributed by atoms with E-state index >= 15 is 0 Å². The van der Waals surface area contributed by atoms with E-state index in [4.69, 9.17) is 9.47 Å². The normalized spacial score (nSPS) is 13.0. The maximum Gasteiger partial charge on any atom is 0.261 e. The molecule has 0 saturated heterocycles. The van der Waals surface area contributed by atoms with Crippen molar-refractivity contribution in [2.24, 2.45) is 0 Å². The second-order valence-corrected chi connectivity index (χ2v) is 5.93. The summed E-state index contributed by atoms with van der Waals surface area (Å²) in [5, 5.41) is 2.98. The number of nitrogens with one attached hydrogen (secondary N) is 1. The fourth-order valence-electron chi connectivity index (χ4n) is 2.53. The van der Waals surface area contributed by atoms with Crippen LogP contribution in [0.3, 0.4) is 0 Å².